The summed E-state index contributed by atoms with van der Waals surface area (Å²) >= 11 is 0. The Morgan fingerprint density at radius 1 is 0.500 bits per heavy atom. The zero-order chi connectivity index (χ0) is 15.4. The van der Waals surface area contributed by atoms with Gasteiger partial charge >= 0.3 is 0 Å². The molecule has 0 aliphatic carbocycles. The molecule has 108 valence electrons. The first-order valence-electron chi connectivity index (χ1n) is 5.52. The second kappa shape index (κ2) is 4.64. The summed E-state index contributed by atoms with van der Waals surface area (Å²) in [4.78, 5) is 0. The van der Waals surface area contributed by atoms with E-state index in [0.29, 0.717) is 0 Å². The molecule has 2 rings (SSSR count). The van der Waals surface area contributed by atoms with Crippen molar-refractivity contribution in [1.82, 2.24) is 0 Å². The molecule has 0 radical (unpaired) electrons. The van der Waals surface area contributed by atoms with Gasteiger partial charge in [0, 0.05) is 10.9 Å². The second-order valence-electron chi connectivity index (χ2n) is 4.52. The summed E-state index contributed by atoms with van der Waals surface area (Å²) in [6.07, 6.45) is 0. The lowest BCUT2D eigenvalue weighted by Gasteiger charge is -2.15. The molecule has 7 heteroatoms. The fraction of sp³-hybridized carbons (Fsp3) is 0.231. The third-order valence-electron chi connectivity index (χ3n) is 2.96. The van der Waals surface area contributed by atoms with Gasteiger partial charge in [0.2, 0.25) is 0 Å². The van der Waals surface area contributed by atoms with E-state index in [9.17, 15) is 30.7 Å². The Hall–Kier alpha value is -1.79. The van der Waals surface area contributed by atoms with E-state index in [1.165, 1.54) is 13.8 Å². The maximum atomic E-state index is 13.7. The van der Waals surface area contributed by atoms with Gasteiger partial charge in [-0.25, -0.2) is 30.7 Å². The van der Waals surface area contributed by atoms with Crippen molar-refractivity contribution in [3.63, 3.8) is 0 Å². The highest BCUT2D eigenvalue weighted by Crippen LogP contribution is 2.37. The van der Waals surface area contributed by atoms with Crippen LogP contribution < -0.4 is 0 Å². The lowest BCUT2D eigenvalue weighted by atomic mass is 9.93. The van der Waals surface area contributed by atoms with Gasteiger partial charge in [0.25, 0.3) is 0 Å². The Morgan fingerprint density at radius 3 is 1.25 bits per heavy atom. The average Bonchev–Trinajstić information content (AvgIpc) is 2.39. The van der Waals surface area contributed by atoms with Crippen molar-refractivity contribution >= 4 is 10.8 Å². The van der Waals surface area contributed by atoms with Gasteiger partial charge < -0.3 is 0 Å². The molecule has 20 heavy (non-hydrogen) atoms. The zero-order valence-corrected chi connectivity index (χ0v) is 10.2. The fourth-order valence-corrected chi connectivity index (χ4v) is 2.07. The van der Waals surface area contributed by atoms with Crippen molar-refractivity contribution in [2.75, 3.05) is 0 Å². The SMILES string of the molecule is CC(C)c1c(F)c(F)c(F)c2c(F)c(F)c(F)c(F)c12. The van der Waals surface area contributed by atoms with Gasteiger partial charge in [-0.2, -0.15) is 0 Å². The summed E-state index contributed by atoms with van der Waals surface area (Å²) in [5, 5.41) is -2.57. The summed E-state index contributed by atoms with van der Waals surface area (Å²) in [6.45, 7) is 2.57. The smallest absolute Gasteiger partial charge is 0.198 e. The molecule has 0 spiro atoms. The highest BCUT2D eigenvalue weighted by Gasteiger charge is 2.30. The van der Waals surface area contributed by atoms with Crippen LogP contribution in [0.15, 0.2) is 0 Å². The van der Waals surface area contributed by atoms with Crippen LogP contribution in [-0.4, -0.2) is 0 Å². The largest absolute Gasteiger partial charge is 0.203 e. The van der Waals surface area contributed by atoms with Crippen molar-refractivity contribution in [1.29, 1.82) is 0 Å². The molecule has 0 aromatic heterocycles. The molecule has 0 nitrogen and oxygen atoms in total. The summed E-state index contributed by atoms with van der Waals surface area (Å²) in [6, 6.07) is 0. The molecule has 2 aromatic carbocycles. The summed E-state index contributed by atoms with van der Waals surface area (Å²) in [5.74, 6) is -15.4. The third-order valence-corrected chi connectivity index (χ3v) is 2.96. The Kier molecular flexibility index (Phi) is 3.39. The summed E-state index contributed by atoms with van der Waals surface area (Å²) in [5.41, 5.74) is -0.755. The van der Waals surface area contributed by atoms with Crippen LogP contribution in [0.4, 0.5) is 30.7 Å². The first-order chi connectivity index (χ1) is 9.20. The van der Waals surface area contributed by atoms with Gasteiger partial charge in [-0.05, 0) is 5.92 Å². The average molecular weight is 296 g/mol. The van der Waals surface area contributed by atoms with Crippen LogP contribution in [0.2, 0.25) is 0 Å². The highest BCUT2D eigenvalue weighted by atomic mass is 19.2. The van der Waals surface area contributed by atoms with Crippen LogP contribution in [0, 0.1) is 40.7 Å². The van der Waals surface area contributed by atoms with Gasteiger partial charge in [-0.1, -0.05) is 13.8 Å². The van der Waals surface area contributed by atoms with Gasteiger partial charge in [-0.3, -0.25) is 0 Å². The van der Waals surface area contributed by atoms with Crippen LogP contribution in [0.25, 0.3) is 10.8 Å². The zero-order valence-electron chi connectivity index (χ0n) is 10.2. The number of hydrogen-bond donors (Lipinski definition) is 0. The lowest BCUT2D eigenvalue weighted by Crippen LogP contribution is -2.08. The fourth-order valence-electron chi connectivity index (χ4n) is 2.07. The molecule has 0 saturated carbocycles. The molecule has 0 heterocycles. The minimum absolute atomic E-state index is 0.755. The van der Waals surface area contributed by atoms with Crippen molar-refractivity contribution in [3.8, 4) is 0 Å². The monoisotopic (exact) mass is 296 g/mol. The van der Waals surface area contributed by atoms with E-state index in [4.69, 9.17) is 0 Å². The Bertz CT molecular complexity index is 711. The molecule has 0 aliphatic heterocycles. The predicted octanol–water partition coefficient (Wildman–Crippen LogP) is 4.94. The second-order valence-corrected chi connectivity index (χ2v) is 4.52. The lowest BCUT2D eigenvalue weighted by molar-refractivity contribution is 0.408. The molecule has 0 bridgehead atoms. The molecular weight excluding hydrogens is 289 g/mol. The van der Waals surface area contributed by atoms with Gasteiger partial charge in [-0.15, -0.1) is 0 Å². The number of rotatable bonds is 1. The number of halogens is 7. The van der Waals surface area contributed by atoms with Crippen molar-refractivity contribution in [2.45, 2.75) is 19.8 Å². The molecule has 0 aliphatic rings. The maximum absolute atomic E-state index is 13.7. The Morgan fingerprint density at radius 2 is 0.850 bits per heavy atom. The van der Waals surface area contributed by atoms with Crippen molar-refractivity contribution in [3.05, 3.63) is 46.3 Å². The van der Waals surface area contributed by atoms with E-state index >= 15 is 0 Å². The first kappa shape index (κ1) is 14.6. The first-order valence-corrected chi connectivity index (χ1v) is 5.52. The molecule has 0 fully saturated rings. The normalized spacial score (nSPS) is 11.7. The van der Waals surface area contributed by atoms with Crippen LogP contribution in [-0.2, 0) is 0 Å². The maximum Gasteiger partial charge on any atom is 0.198 e. The highest BCUT2D eigenvalue weighted by molar-refractivity contribution is 5.88. The van der Waals surface area contributed by atoms with E-state index < -0.39 is 63.0 Å². The standard InChI is InChI=1S/C13H7F7/c1-3(2)4-5-6(9(16)11(18)7(4)14)10(17)13(20)12(19)8(5)15/h3H,1-2H3. The van der Waals surface area contributed by atoms with E-state index in [1.54, 1.807) is 0 Å². The van der Waals surface area contributed by atoms with E-state index in [-0.39, 0.29) is 0 Å². The number of benzene rings is 2. The summed E-state index contributed by atoms with van der Waals surface area (Å²) < 4.78 is 94.1. The minimum Gasteiger partial charge on any atom is -0.203 e. The summed E-state index contributed by atoms with van der Waals surface area (Å²) in [7, 11) is 0. The predicted molar refractivity (Wildman–Crippen MR) is 57.7 cm³/mol. The molecule has 0 amide bonds. The van der Waals surface area contributed by atoms with E-state index in [0.717, 1.165) is 0 Å². The molecule has 0 unspecified atom stereocenters. The Labute approximate surface area is 108 Å². The topological polar surface area (TPSA) is 0 Å². The molecule has 0 atom stereocenters. The molecule has 0 saturated heterocycles. The van der Waals surface area contributed by atoms with Gasteiger partial charge in [0.05, 0.1) is 5.39 Å². The molecule has 2 aromatic rings. The van der Waals surface area contributed by atoms with Crippen molar-refractivity contribution < 1.29 is 30.7 Å². The van der Waals surface area contributed by atoms with Crippen LogP contribution >= 0.6 is 0 Å². The van der Waals surface area contributed by atoms with Gasteiger partial charge in [0.1, 0.15) is 0 Å². The van der Waals surface area contributed by atoms with Crippen LogP contribution in [0.1, 0.15) is 25.3 Å². The van der Waals surface area contributed by atoms with Gasteiger partial charge in [0.15, 0.2) is 40.7 Å². The van der Waals surface area contributed by atoms with E-state index in [2.05, 4.69) is 0 Å². The quantitative estimate of drug-likeness (QED) is 0.397. The minimum atomic E-state index is -2.28. The van der Waals surface area contributed by atoms with E-state index in [1.807, 2.05) is 0 Å². The number of hydrogen-bond acceptors (Lipinski definition) is 0. The molecular formula is C13H7F7. The third kappa shape index (κ3) is 1.76. The number of fused-ring (bicyclic) bond motifs is 1. The van der Waals surface area contributed by atoms with Crippen LogP contribution in [0.5, 0.6) is 0 Å². The van der Waals surface area contributed by atoms with Crippen LogP contribution in [0.3, 0.4) is 0 Å². The molecule has 0 N–H and O–H groups in total. The van der Waals surface area contributed by atoms with Crippen molar-refractivity contribution in [2.24, 2.45) is 0 Å². The Balaban J connectivity index is 3.22.